The first-order valence-corrected chi connectivity index (χ1v) is 4.07. The largest absolute Gasteiger partial charge is 0.361 e. The molecule has 0 saturated heterocycles. The van der Waals surface area contributed by atoms with Crippen LogP contribution in [0.5, 0.6) is 0 Å². The van der Waals surface area contributed by atoms with Crippen molar-refractivity contribution < 1.29 is 14.5 Å². The van der Waals surface area contributed by atoms with Crippen LogP contribution in [0, 0.1) is 10.1 Å². The maximum absolute atomic E-state index is 11.0. The predicted molar refractivity (Wildman–Crippen MR) is 51.5 cm³/mol. The monoisotopic (exact) mass is 205 g/mol. The molecule has 1 rings (SSSR count). The van der Waals surface area contributed by atoms with E-state index in [4.69, 9.17) is 5.53 Å². The Labute approximate surface area is 84.9 Å². The fourth-order valence-corrected chi connectivity index (χ4v) is 1.05. The van der Waals surface area contributed by atoms with E-state index in [0.29, 0.717) is 5.56 Å². The quantitative estimate of drug-likeness (QED) is 0.241. The molecule has 0 fully saturated rings. The van der Waals surface area contributed by atoms with Gasteiger partial charge in [-0.2, -0.15) is 4.79 Å². The summed E-state index contributed by atoms with van der Waals surface area (Å²) in [5, 5.41) is 10.3. The van der Waals surface area contributed by atoms with E-state index in [9.17, 15) is 14.9 Å². The van der Waals surface area contributed by atoms with Crippen LogP contribution in [0.1, 0.15) is 5.56 Å². The molecular formula is C9H7N3O3. The van der Waals surface area contributed by atoms with Gasteiger partial charge >= 0.3 is 6.21 Å². The summed E-state index contributed by atoms with van der Waals surface area (Å²) >= 11 is 0. The fourth-order valence-electron chi connectivity index (χ4n) is 1.05. The number of hydrogen-bond donors (Lipinski definition) is 0. The van der Waals surface area contributed by atoms with E-state index in [1.165, 1.54) is 24.3 Å². The number of nitro groups is 1. The van der Waals surface area contributed by atoms with Crippen LogP contribution in [0.15, 0.2) is 24.3 Å². The number of hydrogen-bond acceptors (Lipinski definition) is 3. The highest BCUT2D eigenvalue weighted by atomic mass is 16.6. The normalized spacial score (nSPS) is 9.07. The Balaban J connectivity index is 2.76. The van der Waals surface area contributed by atoms with E-state index < -0.39 is 4.92 Å². The Morgan fingerprint density at radius 1 is 1.47 bits per heavy atom. The minimum Gasteiger partial charge on any atom is -0.361 e. The standard InChI is InChI=1S/C9H7N3O3/c10-11-6-9(13)5-7-1-3-8(4-2-7)12(14)15/h1-4,6H,5H2. The van der Waals surface area contributed by atoms with Crippen molar-refractivity contribution in [3.05, 3.63) is 45.5 Å². The SMILES string of the molecule is [N-]=[N+]=CC(=O)Cc1ccc([N+](=O)[O-])cc1. The number of benzene rings is 1. The lowest BCUT2D eigenvalue weighted by Crippen LogP contribution is -2.04. The highest BCUT2D eigenvalue weighted by Crippen LogP contribution is 2.12. The summed E-state index contributed by atoms with van der Waals surface area (Å²) in [7, 11) is 0. The molecule has 0 aliphatic rings. The fraction of sp³-hybridized carbons (Fsp3) is 0.111. The molecule has 76 valence electrons. The lowest BCUT2D eigenvalue weighted by Gasteiger charge is -1.95. The van der Waals surface area contributed by atoms with Gasteiger partial charge in [0, 0.05) is 18.6 Å². The first-order valence-electron chi connectivity index (χ1n) is 4.07. The second-order valence-electron chi connectivity index (χ2n) is 2.81. The summed E-state index contributed by atoms with van der Waals surface area (Å²) in [6.45, 7) is 0. The molecule has 0 aliphatic heterocycles. The molecule has 0 N–H and O–H groups in total. The molecule has 0 aliphatic carbocycles. The second kappa shape index (κ2) is 4.78. The van der Waals surface area contributed by atoms with Crippen molar-refractivity contribution in [3.8, 4) is 0 Å². The average molecular weight is 205 g/mol. The van der Waals surface area contributed by atoms with Crippen molar-refractivity contribution in [1.29, 1.82) is 0 Å². The van der Waals surface area contributed by atoms with Crippen LogP contribution in [0.2, 0.25) is 0 Å². The molecular weight excluding hydrogens is 198 g/mol. The molecule has 0 heterocycles. The Morgan fingerprint density at radius 2 is 2.07 bits per heavy atom. The predicted octanol–water partition coefficient (Wildman–Crippen LogP) is 1.01. The van der Waals surface area contributed by atoms with Crippen molar-refractivity contribution in [2.24, 2.45) is 0 Å². The van der Waals surface area contributed by atoms with Crippen LogP contribution in [0.4, 0.5) is 5.69 Å². The van der Waals surface area contributed by atoms with Gasteiger partial charge in [-0.15, -0.1) is 0 Å². The van der Waals surface area contributed by atoms with Crippen LogP contribution >= 0.6 is 0 Å². The molecule has 0 amide bonds. The zero-order valence-electron chi connectivity index (χ0n) is 7.66. The van der Waals surface area contributed by atoms with Gasteiger partial charge in [-0.1, -0.05) is 12.1 Å². The number of ketones is 1. The topological polar surface area (TPSA) is 96.6 Å². The molecule has 15 heavy (non-hydrogen) atoms. The van der Waals surface area contributed by atoms with Crippen molar-refractivity contribution in [2.45, 2.75) is 6.42 Å². The first kappa shape index (κ1) is 10.7. The number of carbonyl (C=O) groups is 1. The Morgan fingerprint density at radius 3 is 2.53 bits per heavy atom. The second-order valence-corrected chi connectivity index (χ2v) is 2.81. The number of carbonyl (C=O) groups excluding carboxylic acids is 1. The summed E-state index contributed by atoms with van der Waals surface area (Å²) in [5.41, 5.74) is 8.70. The zero-order chi connectivity index (χ0) is 11.3. The van der Waals surface area contributed by atoms with Gasteiger partial charge in [0.15, 0.2) is 0 Å². The number of rotatable bonds is 4. The van der Waals surface area contributed by atoms with E-state index in [0.717, 1.165) is 6.21 Å². The van der Waals surface area contributed by atoms with Crippen molar-refractivity contribution in [1.82, 2.24) is 0 Å². The smallest absolute Gasteiger partial charge is 0.323 e. The van der Waals surface area contributed by atoms with Gasteiger partial charge in [-0.25, -0.2) is 0 Å². The summed E-state index contributed by atoms with van der Waals surface area (Å²) in [6.07, 6.45) is 0.851. The Bertz CT molecular complexity index is 432. The summed E-state index contributed by atoms with van der Waals surface area (Å²) in [6, 6.07) is 5.61. The molecule has 0 spiro atoms. The molecule has 0 aromatic heterocycles. The van der Waals surface area contributed by atoms with Crippen molar-refractivity contribution >= 4 is 17.7 Å². The van der Waals surface area contributed by atoms with Gasteiger partial charge < -0.3 is 5.53 Å². The Kier molecular flexibility index (Phi) is 3.43. The van der Waals surface area contributed by atoms with Gasteiger partial charge in [0.25, 0.3) is 5.69 Å². The maximum atomic E-state index is 11.0. The molecule has 0 saturated carbocycles. The third kappa shape index (κ3) is 3.13. The first-order chi connectivity index (χ1) is 7.13. The van der Waals surface area contributed by atoms with Gasteiger partial charge in [-0.05, 0) is 5.56 Å². The molecule has 6 nitrogen and oxygen atoms in total. The molecule has 1 aromatic carbocycles. The van der Waals surface area contributed by atoms with Crippen molar-refractivity contribution in [3.63, 3.8) is 0 Å². The van der Waals surface area contributed by atoms with E-state index >= 15 is 0 Å². The highest BCUT2D eigenvalue weighted by Gasteiger charge is 2.07. The highest BCUT2D eigenvalue weighted by molar-refractivity contribution is 6.25. The number of nitrogens with zero attached hydrogens (tertiary/aromatic N) is 3. The molecule has 1 aromatic rings. The van der Waals surface area contributed by atoms with E-state index in [2.05, 4.69) is 4.79 Å². The van der Waals surface area contributed by atoms with E-state index in [1.807, 2.05) is 0 Å². The third-order valence-electron chi connectivity index (χ3n) is 1.73. The maximum Gasteiger partial charge on any atom is 0.323 e. The number of non-ortho nitro benzene ring substituents is 1. The Hall–Kier alpha value is -2.33. The summed E-state index contributed by atoms with van der Waals surface area (Å²) < 4.78 is 0. The van der Waals surface area contributed by atoms with Gasteiger partial charge in [0.1, 0.15) is 0 Å². The lowest BCUT2D eigenvalue weighted by atomic mass is 10.1. The number of nitro benzene ring substituents is 1. The molecule has 0 atom stereocenters. The lowest BCUT2D eigenvalue weighted by molar-refractivity contribution is -0.384. The summed E-state index contributed by atoms with van der Waals surface area (Å²) in [4.78, 5) is 23.4. The van der Waals surface area contributed by atoms with Crippen LogP contribution < -0.4 is 0 Å². The van der Waals surface area contributed by atoms with Gasteiger partial charge in [0.05, 0.1) is 4.92 Å². The van der Waals surface area contributed by atoms with Gasteiger partial charge in [-0.3, -0.25) is 14.9 Å². The van der Waals surface area contributed by atoms with E-state index in [1.54, 1.807) is 0 Å². The molecule has 0 bridgehead atoms. The number of Topliss-reactive ketones (excluding diaryl/α,β-unsaturated/α-hetero) is 1. The molecule has 0 radical (unpaired) electrons. The minimum atomic E-state index is -0.513. The van der Waals surface area contributed by atoms with Gasteiger partial charge in [0.2, 0.25) is 5.78 Å². The van der Waals surface area contributed by atoms with Crippen LogP contribution in [-0.2, 0) is 11.2 Å². The van der Waals surface area contributed by atoms with Crippen LogP contribution in [0.25, 0.3) is 5.53 Å². The average Bonchev–Trinajstić information content (AvgIpc) is 2.18. The minimum absolute atomic E-state index is 0.0259. The zero-order valence-corrected chi connectivity index (χ0v) is 7.66. The van der Waals surface area contributed by atoms with Crippen LogP contribution in [-0.4, -0.2) is 21.7 Å². The van der Waals surface area contributed by atoms with Crippen molar-refractivity contribution in [2.75, 3.05) is 0 Å². The van der Waals surface area contributed by atoms with E-state index in [-0.39, 0.29) is 17.9 Å². The third-order valence-corrected chi connectivity index (χ3v) is 1.73. The summed E-state index contributed by atoms with van der Waals surface area (Å²) in [5.74, 6) is -0.369. The molecule has 6 heteroatoms. The molecule has 0 unspecified atom stereocenters. The van der Waals surface area contributed by atoms with Crippen LogP contribution in [0.3, 0.4) is 0 Å².